The van der Waals surface area contributed by atoms with Gasteiger partial charge in [-0.05, 0) is 41.5 Å². The van der Waals surface area contributed by atoms with Crippen LogP contribution in [-0.4, -0.2) is 31.5 Å². The number of aliphatic carboxylic acids is 1. The van der Waals surface area contributed by atoms with Crippen molar-refractivity contribution in [3.05, 3.63) is 58.1 Å². The Hall–Kier alpha value is -3.12. The normalized spacial score (nSPS) is 11.8. The van der Waals surface area contributed by atoms with Crippen molar-refractivity contribution in [2.24, 2.45) is 0 Å². The Kier molecular flexibility index (Phi) is 5.01. The molecule has 0 heterocycles. The average molecular weight is 349 g/mol. The molecule has 5 N–H and O–H groups in total. The molecule has 0 saturated heterocycles. The maximum absolute atomic E-state index is 10.6. The van der Waals surface area contributed by atoms with Gasteiger partial charge in [0.25, 0.3) is 0 Å². The van der Waals surface area contributed by atoms with Crippen LogP contribution in [0, 0.1) is 0 Å². The lowest BCUT2D eigenvalue weighted by Gasteiger charge is -2.08. The van der Waals surface area contributed by atoms with E-state index in [2.05, 4.69) is 0 Å². The Labute approximate surface area is 141 Å². The van der Waals surface area contributed by atoms with Gasteiger partial charge in [0.2, 0.25) is 0 Å². The van der Waals surface area contributed by atoms with Crippen LogP contribution in [0.2, 0.25) is 5.02 Å². The SMILES string of the molecule is O=C(O)C=Cc1ccc(O)cc1C=C(O)c1cc(O)c(O)cc1Cl. The number of halogens is 1. The first kappa shape index (κ1) is 17.2. The lowest BCUT2D eigenvalue weighted by Crippen LogP contribution is -1.89. The molecule has 0 amide bonds. The van der Waals surface area contributed by atoms with Crippen molar-refractivity contribution in [3.8, 4) is 17.2 Å². The molecule has 0 fully saturated rings. The lowest BCUT2D eigenvalue weighted by molar-refractivity contribution is -0.131. The molecule has 2 rings (SSSR count). The fraction of sp³-hybridized carbons (Fsp3) is 0. The van der Waals surface area contributed by atoms with E-state index in [-0.39, 0.29) is 22.1 Å². The van der Waals surface area contributed by atoms with E-state index in [0.29, 0.717) is 11.1 Å². The first-order valence-corrected chi connectivity index (χ1v) is 7.02. The van der Waals surface area contributed by atoms with Gasteiger partial charge in [0.05, 0.1) is 5.02 Å². The van der Waals surface area contributed by atoms with Crippen molar-refractivity contribution in [3.63, 3.8) is 0 Å². The Morgan fingerprint density at radius 1 is 0.958 bits per heavy atom. The predicted octanol–water partition coefficient (Wildman–Crippen LogP) is 3.61. The molecule has 0 aliphatic carbocycles. The molecule has 2 aromatic rings. The van der Waals surface area contributed by atoms with Crippen molar-refractivity contribution in [1.29, 1.82) is 0 Å². The third-order valence-electron chi connectivity index (χ3n) is 3.11. The van der Waals surface area contributed by atoms with E-state index in [1.807, 2.05) is 0 Å². The molecule has 0 bridgehead atoms. The molecular formula is C17H13ClO6. The van der Waals surface area contributed by atoms with Gasteiger partial charge in [-0.25, -0.2) is 4.79 Å². The summed E-state index contributed by atoms with van der Waals surface area (Å²) in [5, 5.41) is 47.4. The minimum absolute atomic E-state index is 0.00170. The zero-order chi connectivity index (χ0) is 17.9. The van der Waals surface area contributed by atoms with Crippen molar-refractivity contribution < 1.29 is 30.3 Å². The predicted molar refractivity (Wildman–Crippen MR) is 90.1 cm³/mol. The third-order valence-corrected chi connectivity index (χ3v) is 3.42. The fourth-order valence-corrected chi connectivity index (χ4v) is 2.23. The summed E-state index contributed by atoms with van der Waals surface area (Å²) in [7, 11) is 0. The smallest absolute Gasteiger partial charge is 0.328 e. The molecule has 0 unspecified atom stereocenters. The van der Waals surface area contributed by atoms with Crippen LogP contribution < -0.4 is 0 Å². The van der Waals surface area contributed by atoms with E-state index >= 15 is 0 Å². The van der Waals surface area contributed by atoms with Gasteiger partial charge in [0, 0.05) is 17.7 Å². The van der Waals surface area contributed by atoms with Crippen LogP contribution in [0.25, 0.3) is 17.9 Å². The number of aromatic hydroxyl groups is 3. The fourth-order valence-electron chi connectivity index (χ4n) is 1.97. The summed E-state index contributed by atoms with van der Waals surface area (Å²) in [6.07, 6.45) is 3.47. The van der Waals surface area contributed by atoms with Gasteiger partial charge in [-0.1, -0.05) is 17.7 Å². The van der Waals surface area contributed by atoms with Gasteiger partial charge in [0.15, 0.2) is 11.5 Å². The lowest BCUT2D eigenvalue weighted by atomic mass is 10.0. The van der Waals surface area contributed by atoms with Crippen molar-refractivity contribution in [1.82, 2.24) is 0 Å². The van der Waals surface area contributed by atoms with Crippen LogP contribution in [0.4, 0.5) is 0 Å². The number of carboxylic acid groups (broad SMARTS) is 1. The zero-order valence-corrected chi connectivity index (χ0v) is 12.9. The van der Waals surface area contributed by atoms with E-state index in [4.69, 9.17) is 16.7 Å². The van der Waals surface area contributed by atoms with Gasteiger partial charge in [-0.2, -0.15) is 0 Å². The number of phenolic OH excluding ortho intramolecular Hbond substituents is 3. The highest BCUT2D eigenvalue weighted by Crippen LogP contribution is 2.35. The van der Waals surface area contributed by atoms with Crippen LogP contribution in [0.3, 0.4) is 0 Å². The van der Waals surface area contributed by atoms with E-state index in [0.717, 1.165) is 18.2 Å². The van der Waals surface area contributed by atoms with Gasteiger partial charge >= 0.3 is 5.97 Å². The van der Waals surface area contributed by atoms with E-state index in [9.17, 15) is 25.2 Å². The highest BCUT2D eigenvalue weighted by Gasteiger charge is 2.11. The minimum Gasteiger partial charge on any atom is -0.508 e. The molecule has 0 aromatic heterocycles. The standard InChI is InChI=1S/C17H13ClO6/c18-13-8-16(22)15(21)7-12(13)14(20)6-10-5-11(19)3-1-9(10)2-4-17(23)24/h1-8,19-22H,(H,23,24). The summed E-state index contributed by atoms with van der Waals surface area (Å²) < 4.78 is 0. The number of benzene rings is 2. The van der Waals surface area contributed by atoms with Gasteiger partial charge in [-0.15, -0.1) is 0 Å². The minimum atomic E-state index is -1.14. The second-order valence-electron chi connectivity index (χ2n) is 4.84. The summed E-state index contributed by atoms with van der Waals surface area (Å²) in [6, 6.07) is 6.33. The first-order valence-electron chi connectivity index (χ1n) is 6.64. The van der Waals surface area contributed by atoms with Gasteiger partial charge in [0.1, 0.15) is 11.5 Å². The number of phenols is 3. The van der Waals surface area contributed by atoms with Crippen molar-refractivity contribution in [2.75, 3.05) is 0 Å². The van der Waals surface area contributed by atoms with Crippen molar-refractivity contribution >= 4 is 35.5 Å². The Morgan fingerprint density at radius 2 is 1.62 bits per heavy atom. The Morgan fingerprint density at radius 3 is 2.29 bits per heavy atom. The maximum atomic E-state index is 10.6. The molecule has 24 heavy (non-hydrogen) atoms. The van der Waals surface area contributed by atoms with E-state index in [1.54, 1.807) is 0 Å². The molecule has 0 radical (unpaired) electrons. The number of rotatable bonds is 4. The summed E-state index contributed by atoms with van der Waals surface area (Å²) in [5.41, 5.74) is 0.818. The molecule has 0 aliphatic rings. The molecule has 0 saturated carbocycles. The third kappa shape index (κ3) is 3.99. The Balaban J connectivity index is 2.52. The summed E-state index contributed by atoms with van der Waals surface area (Å²) in [5.74, 6) is -2.46. The van der Waals surface area contributed by atoms with Crippen LogP contribution >= 0.6 is 11.6 Å². The molecule has 0 aliphatic heterocycles. The second kappa shape index (κ2) is 6.97. The summed E-state index contributed by atoms with van der Waals surface area (Å²) in [6.45, 7) is 0. The quantitative estimate of drug-likeness (QED) is 0.249. The zero-order valence-electron chi connectivity index (χ0n) is 12.1. The molecule has 7 heteroatoms. The summed E-state index contributed by atoms with van der Waals surface area (Å²) >= 11 is 5.92. The first-order chi connectivity index (χ1) is 11.3. The van der Waals surface area contributed by atoms with Crippen LogP contribution in [0.15, 0.2) is 36.4 Å². The number of carboxylic acids is 1. The number of carbonyl (C=O) groups is 1. The largest absolute Gasteiger partial charge is 0.508 e. The summed E-state index contributed by atoms with van der Waals surface area (Å²) in [4.78, 5) is 10.6. The second-order valence-corrected chi connectivity index (χ2v) is 5.24. The van der Waals surface area contributed by atoms with E-state index < -0.39 is 17.5 Å². The van der Waals surface area contributed by atoms with E-state index in [1.165, 1.54) is 30.4 Å². The molecule has 124 valence electrons. The molecule has 0 atom stereocenters. The highest BCUT2D eigenvalue weighted by atomic mass is 35.5. The van der Waals surface area contributed by atoms with Crippen LogP contribution in [-0.2, 0) is 4.79 Å². The van der Waals surface area contributed by atoms with Gasteiger partial charge < -0.3 is 25.5 Å². The van der Waals surface area contributed by atoms with Crippen LogP contribution in [0.5, 0.6) is 17.2 Å². The van der Waals surface area contributed by atoms with Gasteiger partial charge in [-0.3, -0.25) is 0 Å². The molecular weight excluding hydrogens is 336 g/mol. The molecule has 0 spiro atoms. The maximum Gasteiger partial charge on any atom is 0.328 e. The number of hydrogen-bond donors (Lipinski definition) is 5. The Bertz CT molecular complexity index is 854. The van der Waals surface area contributed by atoms with Crippen molar-refractivity contribution in [2.45, 2.75) is 0 Å². The highest BCUT2D eigenvalue weighted by molar-refractivity contribution is 6.32. The topological polar surface area (TPSA) is 118 Å². The monoisotopic (exact) mass is 348 g/mol. The number of hydrogen-bond acceptors (Lipinski definition) is 5. The average Bonchev–Trinajstić information content (AvgIpc) is 2.49. The molecule has 2 aromatic carbocycles. The number of aliphatic hydroxyl groups is 1. The van der Waals surface area contributed by atoms with Crippen LogP contribution in [0.1, 0.15) is 16.7 Å². The molecule has 6 nitrogen and oxygen atoms in total. The number of aliphatic hydroxyl groups excluding tert-OH is 1.